The van der Waals surface area contributed by atoms with Crippen LogP contribution >= 0.6 is 22.9 Å². The van der Waals surface area contributed by atoms with Crippen LogP contribution < -0.4 is 10.6 Å². The lowest BCUT2D eigenvalue weighted by atomic mass is 10.0. The van der Waals surface area contributed by atoms with Gasteiger partial charge >= 0.3 is 0 Å². The zero-order valence-corrected chi connectivity index (χ0v) is 30.8. The van der Waals surface area contributed by atoms with Gasteiger partial charge in [0.25, 0.3) is 5.91 Å². The molecule has 2 N–H and O–H groups in total. The Hall–Kier alpha value is -3.31. The van der Waals surface area contributed by atoms with Gasteiger partial charge in [0.2, 0.25) is 5.91 Å². The molecule has 2 amide bonds. The number of piperazine rings is 1. The first-order valence-electron chi connectivity index (χ1n) is 17.7. The number of nitrogens with zero attached hydrogens (tertiary/aromatic N) is 4. The molecule has 2 aromatic carbocycles. The fraction of sp³-hybridized carbons (Fsp3) is 0.500. The Morgan fingerprint density at radius 1 is 1.02 bits per heavy atom. The Morgan fingerprint density at radius 2 is 1.78 bits per heavy atom. The van der Waals surface area contributed by atoms with E-state index in [0.29, 0.717) is 41.7 Å². The highest BCUT2D eigenvalue weighted by molar-refractivity contribution is 7.09. The van der Waals surface area contributed by atoms with Gasteiger partial charge in [-0.15, -0.1) is 11.3 Å². The second-order valence-electron chi connectivity index (χ2n) is 13.4. The SMILES string of the molecule is CCC(CC)n1c(Cc2cccs2)nc2cc(C(=O)N[C@@H](CC(C)C)C(=O)NCCCN3CCN(Cc4c(F)cccc4Cl)CC3)ccc21. The molecule has 5 rings (SSSR count). The molecule has 49 heavy (non-hydrogen) atoms. The number of halogens is 2. The predicted molar refractivity (Wildman–Crippen MR) is 198 cm³/mol. The number of hydrogen-bond acceptors (Lipinski definition) is 6. The fourth-order valence-electron chi connectivity index (χ4n) is 6.70. The number of hydrogen-bond donors (Lipinski definition) is 2. The van der Waals surface area contributed by atoms with Crippen molar-refractivity contribution in [1.82, 2.24) is 30.0 Å². The van der Waals surface area contributed by atoms with Crippen LogP contribution in [0.25, 0.3) is 11.0 Å². The second kappa shape index (κ2) is 17.6. The van der Waals surface area contributed by atoms with Crippen molar-refractivity contribution in [3.8, 4) is 0 Å². The van der Waals surface area contributed by atoms with Gasteiger partial charge in [0.1, 0.15) is 17.7 Å². The van der Waals surface area contributed by atoms with Gasteiger partial charge < -0.3 is 20.1 Å². The first kappa shape index (κ1) is 37.0. The first-order chi connectivity index (χ1) is 23.7. The monoisotopic (exact) mass is 708 g/mol. The summed E-state index contributed by atoms with van der Waals surface area (Å²) in [4.78, 5) is 37.7. The number of nitrogens with one attached hydrogen (secondary N) is 2. The largest absolute Gasteiger partial charge is 0.354 e. The number of carbonyl (C=O) groups is 2. The van der Waals surface area contributed by atoms with Crippen LogP contribution in [0.1, 0.15) is 86.0 Å². The summed E-state index contributed by atoms with van der Waals surface area (Å²) in [6.07, 6.45) is 4.09. The average Bonchev–Trinajstić information content (AvgIpc) is 3.73. The molecule has 1 saturated heterocycles. The quantitative estimate of drug-likeness (QED) is 0.119. The first-order valence-corrected chi connectivity index (χ1v) is 18.9. The van der Waals surface area contributed by atoms with E-state index in [9.17, 15) is 14.0 Å². The molecular formula is C38H50ClFN6O2S. The van der Waals surface area contributed by atoms with Crippen LogP contribution in [-0.2, 0) is 17.8 Å². The minimum absolute atomic E-state index is 0.161. The predicted octanol–water partition coefficient (Wildman–Crippen LogP) is 7.31. The maximum absolute atomic E-state index is 14.2. The van der Waals surface area contributed by atoms with Crippen molar-refractivity contribution in [3.63, 3.8) is 0 Å². The third-order valence-electron chi connectivity index (χ3n) is 9.43. The van der Waals surface area contributed by atoms with Gasteiger partial charge in [-0.2, -0.15) is 0 Å². The van der Waals surface area contributed by atoms with Crippen LogP contribution in [0.4, 0.5) is 4.39 Å². The van der Waals surface area contributed by atoms with Gasteiger partial charge in [-0.3, -0.25) is 14.5 Å². The van der Waals surface area contributed by atoms with Crippen LogP contribution in [-0.4, -0.2) is 76.5 Å². The van der Waals surface area contributed by atoms with Gasteiger partial charge in [-0.25, -0.2) is 9.37 Å². The number of aromatic nitrogens is 2. The molecule has 3 heterocycles. The highest BCUT2D eigenvalue weighted by Crippen LogP contribution is 2.29. The summed E-state index contributed by atoms with van der Waals surface area (Å²) in [5, 5.41) is 8.64. The van der Waals surface area contributed by atoms with E-state index in [1.807, 2.05) is 18.2 Å². The third kappa shape index (κ3) is 9.69. The Bertz CT molecular complexity index is 1660. The number of thiophene rings is 1. The van der Waals surface area contributed by atoms with E-state index in [-0.39, 0.29) is 23.5 Å². The summed E-state index contributed by atoms with van der Waals surface area (Å²) in [5.74, 6) is 0.543. The Kier molecular flexibility index (Phi) is 13.2. The van der Waals surface area contributed by atoms with Crippen molar-refractivity contribution in [3.05, 3.63) is 86.6 Å². The molecule has 1 atom stereocenters. The van der Waals surface area contributed by atoms with Crippen molar-refractivity contribution in [2.45, 2.75) is 78.4 Å². The van der Waals surface area contributed by atoms with E-state index in [1.54, 1.807) is 23.5 Å². The molecule has 1 fully saturated rings. The highest BCUT2D eigenvalue weighted by atomic mass is 35.5. The number of fused-ring (bicyclic) bond motifs is 1. The van der Waals surface area contributed by atoms with Crippen molar-refractivity contribution in [2.75, 3.05) is 39.3 Å². The molecule has 1 aliphatic heterocycles. The summed E-state index contributed by atoms with van der Waals surface area (Å²) < 4.78 is 16.6. The number of imidazole rings is 1. The molecule has 0 saturated carbocycles. The maximum atomic E-state index is 14.2. The number of carbonyl (C=O) groups excluding carboxylic acids is 2. The molecule has 0 spiro atoms. The summed E-state index contributed by atoms with van der Waals surface area (Å²) >= 11 is 7.95. The molecule has 1 aliphatic rings. The maximum Gasteiger partial charge on any atom is 0.252 e. The lowest BCUT2D eigenvalue weighted by Gasteiger charge is -2.35. The van der Waals surface area contributed by atoms with E-state index >= 15 is 0 Å². The normalized spacial score (nSPS) is 14.9. The molecular weight excluding hydrogens is 659 g/mol. The zero-order chi connectivity index (χ0) is 34.9. The second-order valence-corrected chi connectivity index (χ2v) is 14.9. The average molecular weight is 709 g/mol. The van der Waals surface area contributed by atoms with Crippen LogP contribution in [0, 0.1) is 11.7 Å². The standard InChI is InChI=1S/C38H50ClFN6O2S/c1-5-28(6-2)46-35-14-13-27(23-33(35)42-36(46)24-29-10-8-21-49-29)37(47)43-34(22-26(3)4)38(48)41-15-9-16-44-17-19-45(20-18-44)25-30-31(39)11-7-12-32(30)40/h7-8,10-14,21,23,26,28,34H,5-6,9,15-20,22,24-25H2,1-4H3,(H,41,48)(H,43,47)/t34-/m0/s1. The van der Waals surface area contributed by atoms with E-state index in [2.05, 4.69) is 70.2 Å². The van der Waals surface area contributed by atoms with Crippen molar-refractivity contribution < 1.29 is 14.0 Å². The van der Waals surface area contributed by atoms with E-state index < -0.39 is 6.04 Å². The molecule has 0 aliphatic carbocycles. The van der Waals surface area contributed by atoms with Gasteiger partial charge in [0, 0.05) is 72.8 Å². The minimum Gasteiger partial charge on any atom is -0.354 e. The lowest BCUT2D eigenvalue weighted by molar-refractivity contribution is -0.123. The third-order valence-corrected chi connectivity index (χ3v) is 10.7. The summed E-state index contributed by atoms with van der Waals surface area (Å²) in [6, 6.07) is 14.4. The van der Waals surface area contributed by atoms with Crippen molar-refractivity contribution in [1.29, 1.82) is 0 Å². The van der Waals surface area contributed by atoms with E-state index in [0.717, 1.165) is 75.3 Å². The molecule has 264 valence electrons. The summed E-state index contributed by atoms with van der Waals surface area (Å²) in [7, 11) is 0. The summed E-state index contributed by atoms with van der Waals surface area (Å²) in [6.45, 7) is 13.8. The number of amides is 2. The van der Waals surface area contributed by atoms with Gasteiger partial charge in [0.05, 0.1) is 11.0 Å². The molecule has 8 nitrogen and oxygen atoms in total. The lowest BCUT2D eigenvalue weighted by Crippen LogP contribution is -2.48. The summed E-state index contributed by atoms with van der Waals surface area (Å²) in [5.41, 5.74) is 2.88. The molecule has 4 aromatic rings. The molecule has 0 bridgehead atoms. The van der Waals surface area contributed by atoms with Crippen molar-refractivity contribution >= 4 is 45.8 Å². The van der Waals surface area contributed by atoms with Crippen LogP contribution in [0.3, 0.4) is 0 Å². The van der Waals surface area contributed by atoms with E-state index in [4.69, 9.17) is 16.6 Å². The minimum atomic E-state index is -0.631. The molecule has 0 radical (unpaired) electrons. The Morgan fingerprint density at radius 3 is 2.45 bits per heavy atom. The van der Waals surface area contributed by atoms with Gasteiger partial charge in [-0.1, -0.05) is 51.4 Å². The van der Waals surface area contributed by atoms with Gasteiger partial charge in [-0.05, 0) is 79.9 Å². The topological polar surface area (TPSA) is 82.5 Å². The van der Waals surface area contributed by atoms with E-state index in [1.165, 1.54) is 10.9 Å². The molecule has 0 unspecified atom stereocenters. The Balaban J connectivity index is 1.14. The van der Waals surface area contributed by atoms with Gasteiger partial charge in [0.15, 0.2) is 0 Å². The zero-order valence-electron chi connectivity index (χ0n) is 29.2. The smallest absolute Gasteiger partial charge is 0.252 e. The number of rotatable bonds is 16. The van der Waals surface area contributed by atoms with Crippen LogP contribution in [0.15, 0.2) is 53.9 Å². The number of benzene rings is 2. The molecule has 11 heteroatoms. The van der Waals surface area contributed by atoms with Crippen LogP contribution in [0.2, 0.25) is 5.02 Å². The Labute approximate surface area is 299 Å². The molecule has 2 aromatic heterocycles. The van der Waals surface area contributed by atoms with Crippen molar-refractivity contribution in [2.24, 2.45) is 5.92 Å². The highest BCUT2D eigenvalue weighted by Gasteiger charge is 2.25. The fourth-order valence-corrected chi connectivity index (χ4v) is 7.63. The van der Waals surface area contributed by atoms with Crippen LogP contribution in [0.5, 0.6) is 0 Å².